The van der Waals surface area contributed by atoms with Crippen LogP contribution in [0.2, 0.25) is 0 Å². The van der Waals surface area contributed by atoms with Crippen molar-refractivity contribution < 1.29 is 4.79 Å². The Bertz CT molecular complexity index is 635. The van der Waals surface area contributed by atoms with Gasteiger partial charge in [-0.15, -0.1) is 11.3 Å². The Hall–Kier alpha value is -1.88. The number of nitrogens with two attached hydrogens (primary N) is 1. The van der Waals surface area contributed by atoms with Crippen LogP contribution >= 0.6 is 11.3 Å². The number of thiazole rings is 1. The second-order valence-electron chi connectivity index (χ2n) is 4.65. The lowest BCUT2D eigenvalue weighted by atomic mass is 10.00. The molecule has 0 fully saturated rings. The van der Waals surface area contributed by atoms with Gasteiger partial charge in [-0.1, -0.05) is 6.07 Å². The summed E-state index contributed by atoms with van der Waals surface area (Å²) in [5.41, 5.74) is 8.81. The van der Waals surface area contributed by atoms with Gasteiger partial charge in [0, 0.05) is 17.9 Å². The highest BCUT2D eigenvalue weighted by Crippen LogP contribution is 2.32. The summed E-state index contributed by atoms with van der Waals surface area (Å²) in [6.45, 7) is 2.65. The molecule has 0 saturated carbocycles. The number of hydrogen-bond acceptors (Lipinski definition) is 4. The van der Waals surface area contributed by atoms with Crippen molar-refractivity contribution in [3.05, 3.63) is 39.8 Å². The van der Waals surface area contributed by atoms with Crippen molar-refractivity contribution in [3.63, 3.8) is 0 Å². The van der Waals surface area contributed by atoms with Crippen molar-refractivity contribution in [2.24, 2.45) is 0 Å². The molecule has 0 bridgehead atoms. The number of amides is 1. The van der Waals surface area contributed by atoms with Crippen molar-refractivity contribution in [1.29, 1.82) is 0 Å². The van der Waals surface area contributed by atoms with Gasteiger partial charge in [0.15, 0.2) is 0 Å². The smallest absolute Gasteiger partial charge is 0.269 e. The molecular formula is C14H15N3OS. The zero-order valence-corrected chi connectivity index (χ0v) is 11.5. The van der Waals surface area contributed by atoms with Gasteiger partial charge in [-0.2, -0.15) is 0 Å². The number of benzene rings is 1. The molecule has 0 aliphatic carbocycles. The summed E-state index contributed by atoms with van der Waals surface area (Å²) in [6.07, 6.45) is 3.54. The first-order valence-corrected chi connectivity index (χ1v) is 7.10. The van der Waals surface area contributed by atoms with Gasteiger partial charge >= 0.3 is 0 Å². The fourth-order valence-corrected chi connectivity index (χ4v) is 3.18. The molecule has 1 aliphatic rings. The third-order valence-corrected chi connectivity index (χ3v) is 4.26. The molecule has 1 aromatic heterocycles. The van der Waals surface area contributed by atoms with E-state index in [9.17, 15) is 4.79 Å². The standard InChI is InChI=1S/C14H15N3OS/c1-9-16-8-13(19-9)14(18)17-7-3-4-10-11(15)5-2-6-12(10)17/h2,5-6,8H,3-4,7,15H2,1H3. The van der Waals surface area contributed by atoms with Crippen LogP contribution in [0.1, 0.15) is 26.7 Å². The highest BCUT2D eigenvalue weighted by atomic mass is 32.1. The molecule has 0 spiro atoms. The van der Waals surface area contributed by atoms with Crippen LogP contribution in [0.3, 0.4) is 0 Å². The second kappa shape index (κ2) is 4.66. The van der Waals surface area contributed by atoms with Crippen LogP contribution < -0.4 is 10.6 Å². The number of carbonyl (C=O) groups excluding carboxylic acids is 1. The molecule has 19 heavy (non-hydrogen) atoms. The molecule has 1 aliphatic heterocycles. The topological polar surface area (TPSA) is 59.2 Å². The number of anilines is 2. The largest absolute Gasteiger partial charge is 0.398 e. The summed E-state index contributed by atoms with van der Waals surface area (Å²) >= 11 is 1.43. The minimum Gasteiger partial charge on any atom is -0.398 e. The molecule has 0 saturated heterocycles. The van der Waals surface area contributed by atoms with Gasteiger partial charge < -0.3 is 10.6 Å². The van der Waals surface area contributed by atoms with E-state index in [1.165, 1.54) is 11.3 Å². The summed E-state index contributed by atoms with van der Waals surface area (Å²) in [4.78, 5) is 19.2. The maximum Gasteiger partial charge on any atom is 0.269 e. The maximum absolute atomic E-state index is 12.5. The molecule has 98 valence electrons. The predicted molar refractivity (Wildman–Crippen MR) is 77.7 cm³/mol. The number of nitrogens with zero attached hydrogens (tertiary/aromatic N) is 2. The van der Waals surface area contributed by atoms with E-state index in [1.54, 1.807) is 6.20 Å². The van der Waals surface area contributed by atoms with Gasteiger partial charge in [-0.3, -0.25) is 4.79 Å². The fourth-order valence-electron chi connectivity index (χ4n) is 2.46. The van der Waals surface area contributed by atoms with Crippen molar-refractivity contribution in [3.8, 4) is 0 Å². The van der Waals surface area contributed by atoms with E-state index in [4.69, 9.17) is 5.73 Å². The number of rotatable bonds is 1. The van der Waals surface area contributed by atoms with Crippen LogP contribution in [-0.4, -0.2) is 17.4 Å². The third kappa shape index (κ3) is 2.10. The highest BCUT2D eigenvalue weighted by molar-refractivity contribution is 7.13. The van der Waals surface area contributed by atoms with Crippen LogP contribution in [0.4, 0.5) is 11.4 Å². The number of carbonyl (C=O) groups is 1. The minimum absolute atomic E-state index is 0.0251. The van der Waals surface area contributed by atoms with Gasteiger partial charge in [0.05, 0.1) is 11.2 Å². The summed E-state index contributed by atoms with van der Waals surface area (Å²) in [5.74, 6) is 0.0251. The molecule has 3 rings (SSSR count). The minimum atomic E-state index is 0.0251. The van der Waals surface area contributed by atoms with Gasteiger partial charge in [0.25, 0.3) is 5.91 Å². The summed E-state index contributed by atoms with van der Waals surface area (Å²) in [6, 6.07) is 5.76. The van der Waals surface area contributed by atoms with E-state index < -0.39 is 0 Å². The maximum atomic E-state index is 12.5. The van der Waals surface area contributed by atoms with Crippen LogP contribution in [-0.2, 0) is 6.42 Å². The molecule has 4 nitrogen and oxygen atoms in total. The molecule has 2 N–H and O–H groups in total. The second-order valence-corrected chi connectivity index (χ2v) is 5.88. The SMILES string of the molecule is Cc1ncc(C(=O)N2CCCc3c(N)cccc32)s1. The Morgan fingerprint density at radius 1 is 1.47 bits per heavy atom. The summed E-state index contributed by atoms with van der Waals surface area (Å²) in [5, 5.41) is 0.910. The van der Waals surface area contributed by atoms with Gasteiger partial charge in [0.1, 0.15) is 4.88 Å². The van der Waals surface area contributed by atoms with Crippen LogP contribution in [0.25, 0.3) is 0 Å². The normalized spacial score (nSPS) is 14.3. The van der Waals surface area contributed by atoms with Crippen molar-refractivity contribution in [1.82, 2.24) is 4.98 Å². The molecule has 5 heteroatoms. The Morgan fingerprint density at radius 2 is 2.32 bits per heavy atom. The van der Waals surface area contributed by atoms with Gasteiger partial charge in [-0.05, 0) is 37.5 Å². The lowest BCUT2D eigenvalue weighted by molar-refractivity contribution is 0.0989. The highest BCUT2D eigenvalue weighted by Gasteiger charge is 2.25. The average Bonchev–Trinajstić information content (AvgIpc) is 2.85. The van der Waals surface area contributed by atoms with E-state index >= 15 is 0 Å². The molecule has 1 aromatic carbocycles. The van der Waals surface area contributed by atoms with Crippen molar-refractivity contribution in [2.45, 2.75) is 19.8 Å². The Balaban J connectivity index is 2.00. The fraction of sp³-hybridized carbons (Fsp3) is 0.286. The first kappa shape index (κ1) is 12.2. The lowest BCUT2D eigenvalue weighted by Crippen LogP contribution is -2.35. The van der Waals surface area contributed by atoms with Crippen LogP contribution in [0.15, 0.2) is 24.4 Å². The van der Waals surface area contributed by atoms with E-state index in [1.807, 2.05) is 30.0 Å². The lowest BCUT2D eigenvalue weighted by Gasteiger charge is -2.29. The number of hydrogen-bond donors (Lipinski definition) is 1. The first-order chi connectivity index (χ1) is 9.16. The van der Waals surface area contributed by atoms with Crippen LogP contribution in [0, 0.1) is 6.92 Å². The molecule has 2 aromatic rings. The molecular weight excluding hydrogens is 258 g/mol. The molecule has 1 amide bonds. The summed E-state index contributed by atoms with van der Waals surface area (Å²) in [7, 11) is 0. The first-order valence-electron chi connectivity index (χ1n) is 6.28. The molecule has 0 atom stereocenters. The molecule has 0 radical (unpaired) electrons. The Kier molecular flexibility index (Phi) is 2.98. The van der Waals surface area contributed by atoms with Gasteiger partial charge in [-0.25, -0.2) is 4.98 Å². The van der Waals surface area contributed by atoms with Gasteiger partial charge in [0.2, 0.25) is 0 Å². The third-order valence-electron chi connectivity index (χ3n) is 3.36. The van der Waals surface area contributed by atoms with E-state index in [0.29, 0.717) is 4.88 Å². The Morgan fingerprint density at radius 3 is 3.05 bits per heavy atom. The van der Waals surface area contributed by atoms with Crippen LogP contribution in [0.5, 0.6) is 0 Å². The zero-order valence-electron chi connectivity index (χ0n) is 10.7. The predicted octanol–water partition coefficient (Wildman–Crippen LogP) is 2.63. The monoisotopic (exact) mass is 273 g/mol. The number of nitrogen functional groups attached to an aromatic ring is 1. The summed E-state index contributed by atoms with van der Waals surface area (Å²) < 4.78 is 0. The number of fused-ring (bicyclic) bond motifs is 1. The Labute approximate surface area is 115 Å². The van der Waals surface area contributed by atoms with Crippen molar-refractivity contribution in [2.75, 3.05) is 17.2 Å². The molecule has 2 heterocycles. The van der Waals surface area contributed by atoms with E-state index in [2.05, 4.69) is 4.98 Å². The van der Waals surface area contributed by atoms with Crippen molar-refractivity contribution >= 4 is 28.6 Å². The molecule has 0 unspecified atom stereocenters. The average molecular weight is 273 g/mol. The number of aromatic nitrogens is 1. The number of aryl methyl sites for hydroxylation is 1. The van der Waals surface area contributed by atoms with E-state index in [-0.39, 0.29) is 5.91 Å². The quantitative estimate of drug-likeness (QED) is 0.813. The van der Waals surface area contributed by atoms with E-state index in [0.717, 1.165) is 41.3 Å². The zero-order chi connectivity index (χ0) is 13.4.